The van der Waals surface area contributed by atoms with Crippen LogP contribution in [0.4, 0.5) is 15.9 Å². The molecule has 53 heavy (non-hydrogen) atoms. The molecule has 3 aromatic heterocycles. The zero-order chi connectivity index (χ0) is 36.3. The van der Waals surface area contributed by atoms with Gasteiger partial charge < -0.3 is 24.2 Å². The number of rotatable bonds is 9. The molecule has 2 aliphatic heterocycles. The van der Waals surface area contributed by atoms with Crippen LogP contribution in [0.25, 0.3) is 21.7 Å². The van der Waals surface area contributed by atoms with Gasteiger partial charge in [-0.05, 0) is 54.1 Å². The van der Waals surface area contributed by atoms with E-state index in [2.05, 4.69) is 30.1 Å². The number of halogens is 1. The van der Waals surface area contributed by atoms with Gasteiger partial charge in [0.2, 0.25) is 0 Å². The zero-order valence-electron chi connectivity index (χ0n) is 28.9. The summed E-state index contributed by atoms with van der Waals surface area (Å²) >= 11 is 0. The summed E-state index contributed by atoms with van der Waals surface area (Å²) in [7, 11) is 0. The molecule has 0 spiro atoms. The third kappa shape index (κ3) is 7.17. The van der Waals surface area contributed by atoms with Crippen LogP contribution in [0.5, 0.6) is 5.75 Å². The number of hydrogen-bond donors (Lipinski definition) is 1. The highest BCUT2D eigenvalue weighted by Crippen LogP contribution is 2.29. The number of benzene rings is 3. The Morgan fingerprint density at radius 1 is 0.849 bits per heavy atom. The summed E-state index contributed by atoms with van der Waals surface area (Å²) in [5.41, 5.74) is 2.62. The third-order valence-corrected chi connectivity index (χ3v) is 9.77. The van der Waals surface area contributed by atoms with E-state index >= 15 is 4.39 Å². The van der Waals surface area contributed by atoms with Crippen molar-refractivity contribution in [3.63, 3.8) is 0 Å². The average Bonchev–Trinajstić information content (AvgIpc) is 3.20. The number of pyridine rings is 1. The lowest BCUT2D eigenvalue weighted by Gasteiger charge is -2.36. The van der Waals surface area contributed by atoms with Crippen LogP contribution in [-0.2, 0) is 17.7 Å². The normalized spacial score (nSPS) is 14.9. The van der Waals surface area contributed by atoms with Gasteiger partial charge in [0.25, 0.3) is 17.0 Å². The molecule has 0 unspecified atom stereocenters. The predicted octanol–water partition coefficient (Wildman–Crippen LogP) is 3.64. The first-order valence-electron chi connectivity index (χ1n) is 17.6. The van der Waals surface area contributed by atoms with Crippen molar-refractivity contribution in [1.82, 2.24) is 29.9 Å². The highest BCUT2D eigenvalue weighted by atomic mass is 19.1. The van der Waals surface area contributed by atoms with Gasteiger partial charge in [0.15, 0.2) is 0 Å². The Morgan fingerprint density at radius 2 is 1.66 bits per heavy atom. The van der Waals surface area contributed by atoms with Crippen molar-refractivity contribution in [3.05, 3.63) is 128 Å². The molecule has 2 saturated heterocycles. The predicted molar refractivity (Wildman–Crippen MR) is 198 cm³/mol. The van der Waals surface area contributed by atoms with E-state index in [4.69, 9.17) is 9.47 Å². The number of hydrogen-bond acceptors (Lipinski definition) is 10. The van der Waals surface area contributed by atoms with Crippen molar-refractivity contribution in [1.29, 1.82) is 0 Å². The Balaban J connectivity index is 0.901. The Kier molecular flexibility index (Phi) is 9.51. The van der Waals surface area contributed by atoms with Crippen molar-refractivity contribution < 1.29 is 18.7 Å². The molecule has 0 aliphatic carbocycles. The standard InChI is InChI=1S/C39H37FN8O5/c40-32-8-5-26(24-34-28-3-1-2-4-29(28)38(50)43-42-34)23-31(32)39(51)47-15-13-45(14-16-47)27-6-7-30-33(25-27)41-12-11-35(30)53-22-19-48-37(49)10-9-36(44-48)46-17-20-52-21-18-46/h1-12,23,25H,13-22,24H2,(H,43,50). The highest BCUT2D eigenvalue weighted by molar-refractivity contribution is 5.95. The molecule has 2 aliphatic rings. The molecule has 3 aromatic carbocycles. The first-order valence-corrected chi connectivity index (χ1v) is 17.6. The van der Waals surface area contributed by atoms with Crippen LogP contribution < -0.4 is 25.7 Å². The summed E-state index contributed by atoms with van der Waals surface area (Å²) < 4.78 is 28.0. The monoisotopic (exact) mass is 716 g/mol. The number of morpholine rings is 1. The number of nitrogens with one attached hydrogen (secondary N) is 1. The Bertz CT molecular complexity index is 2420. The molecule has 1 amide bonds. The molecule has 14 heteroatoms. The number of H-pyrrole nitrogens is 1. The molecular weight excluding hydrogens is 679 g/mol. The van der Waals surface area contributed by atoms with E-state index in [1.165, 1.54) is 16.8 Å². The molecule has 1 N–H and O–H groups in total. The van der Waals surface area contributed by atoms with E-state index in [0.717, 1.165) is 35.5 Å². The Labute approximate surface area is 303 Å². The number of aromatic nitrogens is 5. The molecule has 0 radical (unpaired) electrons. The number of ether oxygens (including phenoxy) is 2. The molecule has 0 atom stereocenters. The number of amides is 1. The molecule has 5 heterocycles. The second-order valence-corrected chi connectivity index (χ2v) is 13.0. The number of anilines is 2. The van der Waals surface area contributed by atoms with E-state index in [1.54, 1.807) is 47.5 Å². The number of aromatic amines is 1. The number of nitrogens with zero attached hydrogens (tertiary/aromatic N) is 7. The van der Waals surface area contributed by atoms with Gasteiger partial charge in [-0.25, -0.2) is 14.2 Å². The quantitative estimate of drug-likeness (QED) is 0.236. The van der Waals surface area contributed by atoms with E-state index < -0.39 is 5.82 Å². The molecule has 0 bridgehead atoms. The fourth-order valence-corrected chi connectivity index (χ4v) is 6.92. The van der Waals surface area contributed by atoms with Gasteiger partial charge in [-0.1, -0.05) is 24.3 Å². The molecule has 6 aromatic rings. The second kappa shape index (κ2) is 14.8. The van der Waals surface area contributed by atoms with Crippen LogP contribution in [0.1, 0.15) is 21.6 Å². The summed E-state index contributed by atoms with van der Waals surface area (Å²) in [6.45, 7) is 5.23. The van der Waals surface area contributed by atoms with Gasteiger partial charge in [0, 0.05) is 74.4 Å². The van der Waals surface area contributed by atoms with Crippen LogP contribution in [0.3, 0.4) is 0 Å². The average molecular weight is 717 g/mol. The number of carbonyl (C=O) groups excluding carboxylic acids is 1. The first-order chi connectivity index (χ1) is 25.9. The lowest BCUT2D eigenvalue weighted by molar-refractivity contribution is 0.0742. The van der Waals surface area contributed by atoms with Crippen molar-refractivity contribution in [2.24, 2.45) is 0 Å². The van der Waals surface area contributed by atoms with E-state index in [9.17, 15) is 14.4 Å². The van der Waals surface area contributed by atoms with Crippen molar-refractivity contribution >= 4 is 39.1 Å². The zero-order valence-corrected chi connectivity index (χ0v) is 28.9. The molecule has 0 saturated carbocycles. The second-order valence-electron chi connectivity index (χ2n) is 13.0. The SMILES string of the molecule is O=C(c1cc(Cc2n[nH]c(=O)c3ccccc23)ccc1F)N1CCN(c2ccc3c(OCCn4nc(N5CCOCC5)ccc4=O)ccnc3c2)CC1. The fraction of sp³-hybridized carbons (Fsp3) is 0.282. The smallest absolute Gasteiger partial charge is 0.272 e. The minimum Gasteiger partial charge on any atom is -0.491 e. The van der Waals surface area contributed by atoms with Crippen molar-refractivity contribution in [2.75, 3.05) is 68.9 Å². The lowest BCUT2D eigenvalue weighted by Crippen LogP contribution is -2.49. The maximum absolute atomic E-state index is 15.0. The summed E-state index contributed by atoms with van der Waals surface area (Å²) in [5, 5.41) is 13.4. The third-order valence-electron chi connectivity index (χ3n) is 9.77. The van der Waals surface area contributed by atoms with Gasteiger partial charge in [-0.2, -0.15) is 10.2 Å². The van der Waals surface area contributed by atoms with Crippen molar-refractivity contribution in [3.8, 4) is 5.75 Å². The van der Waals surface area contributed by atoms with Gasteiger partial charge in [-0.3, -0.25) is 19.4 Å². The maximum Gasteiger partial charge on any atom is 0.272 e. The molecule has 13 nitrogen and oxygen atoms in total. The van der Waals surface area contributed by atoms with Gasteiger partial charge in [-0.15, -0.1) is 0 Å². The Hall–Kier alpha value is -6.15. The lowest BCUT2D eigenvalue weighted by atomic mass is 10.0. The topological polar surface area (TPSA) is 139 Å². The van der Waals surface area contributed by atoms with Crippen molar-refractivity contribution in [2.45, 2.75) is 13.0 Å². The molecular formula is C39H37FN8O5. The summed E-state index contributed by atoms with van der Waals surface area (Å²) in [6.07, 6.45) is 2.02. The van der Waals surface area contributed by atoms with Crippen LogP contribution in [-0.4, -0.2) is 94.9 Å². The number of fused-ring (bicyclic) bond motifs is 2. The van der Waals surface area contributed by atoms with Crippen LogP contribution in [0, 0.1) is 5.82 Å². The van der Waals surface area contributed by atoms with Gasteiger partial charge >= 0.3 is 0 Å². The summed E-state index contributed by atoms with van der Waals surface area (Å²) in [4.78, 5) is 48.8. The van der Waals surface area contributed by atoms with Crippen LogP contribution in [0.15, 0.2) is 94.6 Å². The van der Waals surface area contributed by atoms with Crippen LogP contribution >= 0.6 is 0 Å². The summed E-state index contributed by atoms with van der Waals surface area (Å²) in [6, 6.07) is 22.8. The molecule has 2 fully saturated rings. The minimum atomic E-state index is -0.580. The Morgan fingerprint density at radius 3 is 2.49 bits per heavy atom. The number of carbonyl (C=O) groups is 1. The van der Waals surface area contributed by atoms with Gasteiger partial charge in [0.05, 0.1) is 41.9 Å². The first kappa shape index (κ1) is 34.0. The maximum atomic E-state index is 15.0. The fourth-order valence-electron chi connectivity index (χ4n) is 6.92. The van der Waals surface area contributed by atoms with Gasteiger partial charge in [0.1, 0.15) is 24.0 Å². The van der Waals surface area contributed by atoms with E-state index in [0.29, 0.717) is 80.1 Å². The van der Waals surface area contributed by atoms with Crippen LogP contribution in [0.2, 0.25) is 0 Å². The number of piperazine rings is 1. The van der Waals surface area contributed by atoms with E-state index in [1.807, 2.05) is 30.3 Å². The minimum absolute atomic E-state index is 0.0116. The molecule has 8 rings (SSSR count). The summed E-state index contributed by atoms with van der Waals surface area (Å²) in [5.74, 6) is 0.454. The molecule has 270 valence electrons. The van der Waals surface area contributed by atoms with E-state index in [-0.39, 0.29) is 29.2 Å². The largest absolute Gasteiger partial charge is 0.491 e. The highest BCUT2D eigenvalue weighted by Gasteiger charge is 2.25.